The van der Waals surface area contributed by atoms with Crippen molar-refractivity contribution in [2.45, 2.75) is 25.4 Å². The first-order chi connectivity index (χ1) is 8.24. The number of rotatable bonds is 4. The molecule has 0 radical (unpaired) electrons. The Bertz CT molecular complexity index is 467. The second-order valence-corrected chi connectivity index (χ2v) is 4.90. The van der Waals surface area contributed by atoms with Gasteiger partial charge in [0.05, 0.1) is 12.4 Å². The lowest BCUT2D eigenvalue weighted by atomic mass is 9.98. The van der Waals surface area contributed by atoms with Crippen LogP contribution in [0.4, 0.5) is 0 Å². The zero-order valence-electron chi connectivity index (χ0n) is 9.75. The van der Waals surface area contributed by atoms with E-state index in [9.17, 15) is 0 Å². The van der Waals surface area contributed by atoms with Crippen LogP contribution in [0.5, 0.6) is 0 Å². The van der Waals surface area contributed by atoms with Crippen LogP contribution in [0.1, 0.15) is 24.9 Å². The first-order valence-corrected chi connectivity index (χ1v) is 6.50. The number of hydrogen-bond donors (Lipinski definition) is 1. The summed E-state index contributed by atoms with van der Waals surface area (Å²) in [5, 5.41) is 0. The lowest BCUT2D eigenvalue weighted by Gasteiger charge is -2.25. The number of aromatic nitrogens is 2. The minimum absolute atomic E-state index is 0.0721. The van der Waals surface area contributed by atoms with Gasteiger partial charge in [-0.3, -0.25) is 0 Å². The van der Waals surface area contributed by atoms with E-state index in [1.54, 1.807) is 6.20 Å². The van der Waals surface area contributed by atoms with E-state index in [2.05, 4.69) is 38.5 Å². The highest BCUT2D eigenvalue weighted by Gasteiger charge is 2.21. The van der Waals surface area contributed by atoms with Crippen LogP contribution in [0.3, 0.4) is 0 Å². The van der Waals surface area contributed by atoms with Gasteiger partial charge in [-0.25, -0.2) is 4.98 Å². The summed E-state index contributed by atoms with van der Waals surface area (Å²) in [5.74, 6) is 0. The normalized spacial score (nSPS) is 14.5. The molecule has 1 aromatic heterocycles. The highest BCUT2D eigenvalue weighted by Crippen LogP contribution is 2.28. The number of benzene rings is 1. The van der Waals surface area contributed by atoms with Crippen molar-refractivity contribution < 1.29 is 0 Å². The molecule has 2 atom stereocenters. The zero-order chi connectivity index (χ0) is 12.3. The standard InChI is InChI=1S/C13H16BrN3/c1-2-12(15)13(17-8-7-16-9-17)10-5-3-4-6-11(10)14/h3-9,12-13H,2,15H2,1H3. The molecule has 4 heteroatoms. The van der Waals surface area contributed by atoms with Gasteiger partial charge < -0.3 is 10.3 Å². The van der Waals surface area contributed by atoms with Crippen molar-refractivity contribution in [2.75, 3.05) is 0 Å². The van der Waals surface area contributed by atoms with Crippen LogP contribution in [-0.2, 0) is 0 Å². The second-order valence-electron chi connectivity index (χ2n) is 4.05. The number of nitrogens with two attached hydrogens (primary N) is 1. The fraction of sp³-hybridized carbons (Fsp3) is 0.308. The molecule has 17 heavy (non-hydrogen) atoms. The number of imidazole rings is 1. The molecule has 0 spiro atoms. The van der Waals surface area contributed by atoms with Crippen molar-refractivity contribution >= 4 is 15.9 Å². The molecular formula is C13H16BrN3. The quantitative estimate of drug-likeness (QED) is 0.942. The zero-order valence-corrected chi connectivity index (χ0v) is 11.3. The fourth-order valence-electron chi connectivity index (χ4n) is 1.98. The Kier molecular flexibility index (Phi) is 3.97. The topological polar surface area (TPSA) is 43.8 Å². The number of hydrogen-bond acceptors (Lipinski definition) is 2. The smallest absolute Gasteiger partial charge is 0.0952 e. The van der Waals surface area contributed by atoms with Crippen molar-refractivity contribution in [3.05, 3.63) is 53.0 Å². The van der Waals surface area contributed by atoms with Gasteiger partial charge in [0.25, 0.3) is 0 Å². The molecule has 0 aliphatic carbocycles. The van der Waals surface area contributed by atoms with Crippen molar-refractivity contribution in [2.24, 2.45) is 5.73 Å². The summed E-state index contributed by atoms with van der Waals surface area (Å²) in [7, 11) is 0. The molecule has 3 nitrogen and oxygen atoms in total. The summed E-state index contributed by atoms with van der Waals surface area (Å²) in [6.07, 6.45) is 6.48. The van der Waals surface area contributed by atoms with E-state index < -0.39 is 0 Å². The van der Waals surface area contributed by atoms with Crippen molar-refractivity contribution in [3.63, 3.8) is 0 Å². The first kappa shape index (κ1) is 12.3. The Labute approximate surface area is 110 Å². The lowest BCUT2D eigenvalue weighted by Crippen LogP contribution is -2.32. The van der Waals surface area contributed by atoms with Crippen LogP contribution >= 0.6 is 15.9 Å². The summed E-state index contributed by atoms with van der Waals surface area (Å²) in [6, 6.07) is 8.38. The van der Waals surface area contributed by atoms with Gasteiger partial charge in [-0.2, -0.15) is 0 Å². The number of nitrogens with zero attached hydrogens (tertiary/aromatic N) is 2. The fourth-order valence-corrected chi connectivity index (χ4v) is 2.50. The molecule has 1 aromatic carbocycles. The van der Waals surface area contributed by atoms with Crippen molar-refractivity contribution in [1.82, 2.24) is 9.55 Å². The molecular weight excluding hydrogens is 278 g/mol. The minimum atomic E-state index is 0.0721. The maximum absolute atomic E-state index is 6.24. The summed E-state index contributed by atoms with van der Waals surface area (Å²) >= 11 is 3.59. The SMILES string of the molecule is CCC(N)C(c1ccccc1Br)n1ccnc1. The molecule has 2 rings (SSSR count). The summed E-state index contributed by atoms with van der Waals surface area (Å²) in [5.41, 5.74) is 7.43. The highest BCUT2D eigenvalue weighted by atomic mass is 79.9. The largest absolute Gasteiger partial charge is 0.328 e. The lowest BCUT2D eigenvalue weighted by molar-refractivity contribution is 0.457. The van der Waals surface area contributed by atoms with Gasteiger partial charge >= 0.3 is 0 Å². The predicted molar refractivity (Wildman–Crippen MR) is 72.8 cm³/mol. The van der Waals surface area contributed by atoms with E-state index in [1.165, 1.54) is 5.56 Å². The second kappa shape index (κ2) is 5.47. The van der Waals surface area contributed by atoms with Gasteiger partial charge in [0, 0.05) is 22.9 Å². The van der Waals surface area contributed by atoms with Gasteiger partial charge in [0.2, 0.25) is 0 Å². The summed E-state index contributed by atoms with van der Waals surface area (Å²) in [6.45, 7) is 2.10. The Morgan fingerprint density at radius 1 is 1.41 bits per heavy atom. The van der Waals surface area contributed by atoms with E-state index >= 15 is 0 Å². The van der Waals surface area contributed by atoms with Crippen LogP contribution in [0.15, 0.2) is 47.5 Å². The number of halogens is 1. The molecule has 0 aliphatic rings. The van der Waals surface area contributed by atoms with E-state index in [0.29, 0.717) is 0 Å². The van der Waals surface area contributed by atoms with Crippen molar-refractivity contribution in [1.29, 1.82) is 0 Å². The summed E-state index contributed by atoms with van der Waals surface area (Å²) in [4.78, 5) is 4.11. The Morgan fingerprint density at radius 2 is 2.18 bits per heavy atom. The van der Waals surface area contributed by atoms with Gasteiger partial charge in [0.1, 0.15) is 0 Å². The van der Waals surface area contributed by atoms with Crippen LogP contribution in [0.25, 0.3) is 0 Å². The van der Waals surface area contributed by atoms with Crippen molar-refractivity contribution in [3.8, 4) is 0 Å². The molecule has 0 aliphatic heterocycles. The third-order valence-electron chi connectivity index (χ3n) is 2.95. The Hall–Kier alpha value is -1.13. The maximum Gasteiger partial charge on any atom is 0.0952 e. The summed E-state index contributed by atoms with van der Waals surface area (Å²) < 4.78 is 3.15. The van der Waals surface area contributed by atoms with E-state index in [4.69, 9.17) is 5.73 Å². The average Bonchev–Trinajstić information content (AvgIpc) is 2.85. The Morgan fingerprint density at radius 3 is 2.76 bits per heavy atom. The monoisotopic (exact) mass is 293 g/mol. The highest BCUT2D eigenvalue weighted by molar-refractivity contribution is 9.10. The third-order valence-corrected chi connectivity index (χ3v) is 3.67. The third kappa shape index (κ3) is 2.58. The Balaban J connectivity index is 2.44. The van der Waals surface area contributed by atoms with Gasteiger partial charge in [-0.05, 0) is 18.1 Å². The molecule has 0 saturated carbocycles. The molecule has 2 unspecified atom stereocenters. The van der Waals surface area contributed by atoms with E-state index in [-0.39, 0.29) is 12.1 Å². The van der Waals surface area contributed by atoms with Gasteiger partial charge in [-0.1, -0.05) is 41.1 Å². The minimum Gasteiger partial charge on any atom is -0.328 e. The van der Waals surface area contributed by atoms with Crippen LogP contribution in [-0.4, -0.2) is 15.6 Å². The van der Waals surface area contributed by atoms with Crippen LogP contribution < -0.4 is 5.73 Å². The maximum atomic E-state index is 6.24. The molecule has 0 saturated heterocycles. The molecule has 0 bridgehead atoms. The predicted octanol–water partition coefficient (Wildman–Crippen LogP) is 2.97. The molecule has 0 fully saturated rings. The van der Waals surface area contributed by atoms with E-state index in [0.717, 1.165) is 10.9 Å². The molecule has 90 valence electrons. The van der Waals surface area contributed by atoms with E-state index in [1.807, 2.05) is 30.7 Å². The molecule has 2 aromatic rings. The first-order valence-electron chi connectivity index (χ1n) is 5.71. The van der Waals surface area contributed by atoms with Gasteiger partial charge in [0.15, 0.2) is 0 Å². The molecule has 0 amide bonds. The van der Waals surface area contributed by atoms with Gasteiger partial charge in [-0.15, -0.1) is 0 Å². The average molecular weight is 294 g/mol. The molecule has 2 N–H and O–H groups in total. The van der Waals surface area contributed by atoms with Crippen LogP contribution in [0.2, 0.25) is 0 Å². The molecule has 1 heterocycles. The van der Waals surface area contributed by atoms with Crippen LogP contribution in [0, 0.1) is 0 Å².